The molecule has 1 aromatic carbocycles. The minimum absolute atomic E-state index is 0.0281. The molecule has 1 unspecified atom stereocenters. The molecule has 0 fully saturated rings. The molecule has 0 bridgehead atoms. The van der Waals surface area contributed by atoms with Gasteiger partial charge in [0.1, 0.15) is 12.8 Å². The van der Waals surface area contributed by atoms with Gasteiger partial charge < -0.3 is 9.47 Å². The van der Waals surface area contributed by atoms with E-state index in [9.17, 15) is 0 Å². The summed E-state index contributed by atoms with van der Waals surface area (Å²) < 4.78 is 13.0. The number of aromatic nitrogens is 1. The molecule has 0 amide bonds. The number of benzene rings is 1. The van der Waals surface area contributed by atoms with Crippen molar-refractivity contribution in [3.8, 4) is 5.75 Å². The van der Waals surface area contributed by atoms with Gasteiger partial charge in [-0.25, -0.2) is 0 Å². The molecule has 1 heterocycles. The average Bonchev–Trinajstić information content (AvgIpc) is 2.73. The molecular formula is C14H18NO2S+. The van der Waals surface area contributed by atoms with Gasteiger partial charge in [-0.3, -0.25) is 0 Å². The van der Waals surface area contributed by atoms with Crippen LogP contribution in [0.1, 0.15) is 22.4 Å². The van der Waals surface area contributed by atoms with Crippen molar-refractivity contribution in [2.75, 3.05) is 14.2 Å². The van der Waals surface area contributed by atoms with Gasteiger partial charge in [0.2, 0.25) is 0 Å². The molecule has 18 heavy (non-hydrogen) atoms. The summed E-state index contributed by atoms with van der Waals surface area (Å²) in [5.74, 6) is 0.861. The van der Waals surface area contributed by atoms with Gasteiger partial charge in [0.25, 0.3) is 5.01 Å². The fourth-order valence-electron chi connectivity index (χ4n) is 1.87. The highest BCUT2D eigenvalue weighted by Gasteiger charge is 2.25. The molecule has 0 aliphatic carbocycles. The van der Waals surface area contributed by atoms with Crippen LogP contribution in [0.5, 0.6) is 5.75 Å². The lowest BCUT2D eigenvalue weighted by Crippen LogP contribution is -2.35. The van der Waals surface area contributed by atoms with Crippen molar-refractivity contribution in [1.29, 1.82) is 0 Å². The second kappa shape index (κ2) is 5.50. The lowest BCUT2D eigenvalue weighted by Gasteiger charge is -2.11. The van der Waals surface area contributed by atoms with Gasteiger partial charge in [-0.2, -0.15) is 4.57 Å². The zero-order valence-corrected chi connectivity index (χ0v) is 12.0. The molecule has 0 aliphatic heterocycles. The summed E-state index contributed by atoms with van der Waals surface area (Å²) in [4.78, 5) is 0. The fourth-order valence-corrected chi connectivity index (χ4v) is 2.98. The third-order valence-electron chi connectivity index (χ3n) is 3.09. The van der Waals surface area contributed by atoms with E-state index in [1.165, 1.54) is 10.7 Å². The highest BCUT2D eigenvalue weighted by molar-refractivity contribution is 7.09. The summed E-state index contributed by atoms with van der Waals surface area (Å²) in [6.45, 7) is 2.10. The molecule has 4 heteroatoms. The van der Waals surface area contributed by atoms with Crippen LogP contribution in [-0.4, -0.2) is 14.2 Å². The molecule has 1 aromatic heterocycles. The number of aryl methyl sites for hydroxylation is 1. The standard InChI is InChI=1S/C14H18NO2S/c1-10-9-18-14(15(10)2)13(17-4)11-5-7-12(16-3)8-6-11/h5-9,13H,1-4H3/q+1. The third-order valence-corrected chi connectivity index (χ3v) is 4.28. The summed E-state index contributed by atoms with van der Waals surface area (Å²) in [5, 5.41) is 3.34. The fraction of sp³-hybridized carbons (Fsp3) is 0.357. The maximum Gasteiger partial charge on any atom is 0.271 e. The Balaban J connectivity index is 2.35. The van der Waals surface area contributed by atoms with E-state index in [1.807, 2.05) is 24.3 Å². The van der Waals surface area contributed by atoms with Crippen LogP contribution < -0.4 is 9.30 Å². The van der Waals surface area contributed by atoms with E-state index in [0.29, 0.717) is 0 Å². The van der Waals surface area contributed by atoms with Crippen molar-refractivity contribution in [3.63, 3.8) is 0 Å². The predicted molar refractivity (Wildman–Crippen MR) is 72.1 cm³/mol. The van der Waals surface area contributed by atoms with E-state index in [2.05, 4.69) is 23.9 Å². The van der Waals surface area contributed by atoms with E-state index in [4.69, 9.17) is 9.47 Å². The number of hydrogen-bond acceptors (Lipinski definition) is 3. The Kier molecular flexibility index (Phi) is 3.99. The summed E-state index contributed by atoms with van der Waals surface area (Å²) in [6, 6.07) is 8.01. The van der Waals surface area contributed by atoms with Gasteiger partial charge in [0.05, 0.1) is 12.5 Å². The maximum absolute atomic E-state index is 5.64. The first-order chi connectivity index (χ1) is 8.67. The van der Waals surface area contributed by atoms with Crippen LogP contribution in [0.15, 0.2) is 29.6 Å². The van der Waals surface area contributed by atoms with Crippen molar-refractivity contribution in [3.05, 3.63) is 45.9 Å². The quantitative estimate of drug-likeness (QED) is 0.792. The molecule has 0 saturated carbocycles. The summed E-state index contributed by atoms with van der Waals surface area (Å²) >= 11 is 1.72. The largest absolute Gasteiger partial charge is 0.497 e. The Morgan fingerprint density at radius 1 is 1.17 bits per heavy atom. The van der Waals surface area contributed by atoms with Gasteiger partial charge in [-0.05, 0) is 17.7 Å². The Hall–Kier alpha value is -1.39. The Labute approximate surface area is 112 Å². The number of methoxy groups -OCH3 is 2. The molecule has 0 radical (unpaired) electrons. The third kappa shape index (κ3) is 2.40. The Bertz CT molecular complexity index is 519. The molecule has 0 saturated heterocycles. The van der Waals surface area contributed by atoms with Crippen LogP contribution >= 0.6 is 11.3 Å². The zero-order chi connectivity index (χ0) is 13.1. The number of rotatable bonds is 4. The van der Waals surface area contributed by atoms with Crippen molar-refractivity contribution in [2.45, 2.75) is 13.0 Å². The Morgan fingerprint density at radius 2 is 1.83 bits per heavy atom. The van der Waals surface area contributed by atoms with Gasteiger partial charge >= 0.3 is 0 Å². The number of thiazole rings is 1. The second-order valence-corrected chi connectivity index (χ2v) is 5.05. The number of ether oxygens (including phenoxy) is 2. The van der Waals surface area contributed by atoms with E-state index in [-0.39, 0.29) is 6.10 Å². The molecule has 2 aromatic rings. The van der Waals surface area contributed by atoms with E-state index < -0.39 is 0 Å². The molecule has 96 valence electrons. The summed E-state index contributed by atoms with van der Waals surface area (Å²) in [5.41, 5.74) is 2.38. The van der Waals surface area contributed by atoms with Crippen molar-refractivity contribution in [1.82, 2.24) is 0 Å². The normalized spacial score (nSPS) is 12.4. The topological polar surface area (TPSA) is 22.3 Å². The maximum atomic E-state index is 5.64. The summed E-state index contributed by atoms with van der Waals surface area (Å²) in [7, 11) is 5.48. The van der Waals surface area contributed by atoms with Crippen molar-refractivity contribution < 1.29 is 14.0 Å². The SMILES string of the molecule is COc1ccc(C(OC)c2scc(C)[n+]2C)cc1. The van der Waals surface area contributed by atoms with Gasteiger partial charge in [0.15, 0.2) is 11.8 Å². The smallest absolute Gasteiger partial charge is 0.271 e. The minimum Gasteiger partial charge on any atom is -0.497 e. The van der Waals surface area contributed by atoms with Crippen LogP contribution in [0.3, 0.4) is 0 Å². The van der Waals surface area contributed by atoms with Gasteiger partial charge in [-0.15, -0.1) is 0 Å². The van der Waals surface area contributed by atoms with Crippen molar-refractivity contribution >= 4 is 11.3 Å². The molecule has 3 nitrogen and oxygen atoms in total. The predicted octanol–water partition coefficient (Wildman–Crippen LogP) is 2.63. The van der Waals surface area contributed by atoms with Crippen LogP contribution in [0.25, 0.3) is 0 Å². The summed E-state index contributed by atoms with van der Waals surface area (Å²) in [6.07, 6.45) is -0.0281. The van der Waals surface area contributed by atoms with Crippen LogP contribution in [0.4, 0.5) is 0 Å². The zero-order valence-electron chi connectivity index (χ0n) is 11.1. The first-order valence-electron chi connectivity index (χ1n) is 5.78. The van der Waals surface area contributed by atoms with Crippen LogP contribution in [-0.2, 0) is 11.8 Å². The highest BCUT2D eigenvalue weighted by atomic mass is 32.1. The number of nitrogens with zero attached hydrogens (tertiary/aromatic N) is 1. The van der Waals surface area contributed by atoms with Crippen LogP contribution in [0, 0.1) is 6.92 Å². The molecular weight excluding hydrogens is 246 g/mol. The highest BCUT2D eigenvalue weighted by Crippen LogP contribution is 2.27. The Morgan fingerprint density at radius 3 is 2.28 bits per heavy atom. The number of hydrogen-bond donors (Lipinski definition) is 0. The van der Waals surface area contributed by atoms with E-state index >= 15 is 0 Å². The molecule has 0 spiro atoms. The molecule has 0 N–H and O–H groups in total. The van der Waals surface area contributed by atoms with Gasteiger partial charge in [-0.1, -0.05) is 23.5 Å². The van der Waals surface area contributed by atoms with E-state index in [1.54, 1.807) is 25.6 Å². The molecule has 1 atom stereocenters. The molecule has 0 aliphatic rings. The first kappa shape index (κ1) is 13.1. The average molecular weight is 264 g/mol. The first-order valence-corrected chi connectivity index (χ1v) is 6.66. The monoisotopic (exact) mass is 264 g/mol. The van der Waals surface area contributed by atoms with Crippen molar-refractivity contribution in [2.24, 2.45) is 7.05 Å². The minimum atomic E-state index is -0.0281. The lowest BCUT2D eigenvalue weighted by molar-refractivity contribution is -0.682. The lowest BCUT2D eigenvalue weighted by atomic mass is 10.1. The van der Waals surface area contributed by atoms with Gasteiger partial charge in [0, 0.05) is 14.0 Å². The molecule has 2 rings (SSSR count). The second-order valence-electron chi connectivity index (χ2n) is 4.16. The van der Waals surface area contributed by atoms with Crippen LogP contribution in [0.2, 0.25) is 0 Å². The van der Waals surface area contributed by atoms with E-state index in [0.717, 1.165) is 11.3 Å².